The predicted molar refractivity (Wildman–Crippen MR) is 213 cm³/mol. The maximum Gasteiger partial charge on any atom is 0.408 e. The number of carbonyl (C=O) groups is 4. The van der Waals surface area contributed by atoms with Crippen molar-refractivity contribution in [3.63, 3.8) is 0 Å². The number of sulfonamides is 1. The van der Waals surface area contributed by atoms with Crippen molar-refractivity contribution in [2.45, 2.75) is 139 Å². The summed E-state index contributed by atoms with van der Waals surface area (Å²) in [5.41, 5.74) is -4.13. The fourth-order valence-corrected chi connectivity index (χ4v) is 10.7. The zero-order valence-corrected chi connectivity index (χ0v) is 35.3. The number of benzene rings is 1. The standard InChI is InChI=1S/C42H54F3N5O9S/c1-6-26(4)49(38(54)55)32-25(3)20-24(2)12-7-8-13-27-21-41(27,37(53)48-60(56,57)40(23-43)17-18-40)47-34(51)31-22-39(5,42(44,45)50(31)36(32)52)59-35-29-15-10-9-14-28(29)33-30(46-35)16-11-19-58-33/h8-10,13-15,24-27,31-32H,6-7,11-12,16-23H2,1-5H3,(H,47,51)(H,48,53)(H,54,55)/b13-8-/t24-,25+,26?,27+,31-,32-,39+,41+/m0/s1. The molecule has 60 heavy (non-hydrogen) atoms. The summed E-state index contributed by atoms with van der Waals surface area (Å²) in [5, 5.41) is 14.1. The van der Waals surface area contributed by atoms with Gasteiger partial charge in [-0.15, -0.1) is 0 Å². The van der Waals surface area contributed by atoms with Crippen LogP contribution in [0.3, 0.4) is 0 Å². The zero-order chi connectivity index (χ0) is 43.6. The normalized spacial score (nSPS) is 32.1. The number of nitrogens with zero attached hydrogens (tertiary/aromatic N) is 3. The number of carboxylic acid groups (broad SMARTS) is 1. The Balaban J connectivity index is 1.35. The van der Waals surface area contributed by atoms with E-state index in [-0.39, 0.29) is 48.8 Å². The van der Waals surface area contributed by atoms with Crippen molar-refractivity contribution >= 4 is 44.6 Å². The molecule has 0 spiro atoms. The lowest BCUT2D eigenvalue weighted by Crippen LogP contribution is -2.64. The highest BCUT2D eigenvalue weighted by Crippen LogP contribution is 2.52. The summed E-state index contributed by atoms with van der Waals surface area (Å²) in [5.74, 6) is -5.07. The van der Waals surface area contributed by atoms with Crippen LogP contribution in [0.1, 0.15) is 98.1 Å². The molecule has 1 unspecified atom stereocenters. The van der Waals surface area contributed by atoms with Crippen molar-refractivity contribution in [1.29, 1.82) is 0 Å². The van der Waals surface area contributed by atoms with Gasteiger partial charge in [-0.05, 0) is 89.5 Å². The molecule has 3 fully saturated rings. The number of rotatable bonds is 9. The van der Waals surface area contributed by atoms with E-state index in [0.717, 1.165) is 11.8 Å². The van der Waals surface area contributed by atoms with Crippen LogP contribution in [0.15, 0.2) is 36.4 Å². The van der Waals surface area contributed by atoms with Gasteiger partial charge >= 0.3 is 12.1 Å². The van der Waals surface area contributed by atoms with Crippen LogP contribution in [0.25, 0.3) is 10.8 Å². The Kier molecular flexibility index (Phi) is 11.4. The summed E-state index contributed by atoms with van der Waals surface area (Å²) in [7, 11) is -4.55. The van der Waals surface area contributed by atoms with Gasteiger partial charge in [0.05, 0.1) is 12.3 Å². The lowest BCUT2D eigenvalue weighted by atomic mass is 9.86. The Labute approximate surface area is 347 Å². The predicted octanol–water partition coefficient (Wildman–Crippen LogP) is 5.87. The first-order valence-electron chi connectivity index (χ1n) is 20.8. The number of amides is 4. The highest BCUT2D eigenvalue weighted by molar-refractivity contribution is 7.91. The number of carbonyl (C=O) groups excluding carboxylic acids is 3. The SMILES string of the molecule is CCC(C)N(C(=O)O)[C@@H]1C(=O)N2[C@@H](C[C@@](C)(Oc3nc4c(c5ccccc35)OCCC4)C2(F)F)C(=O)N[C@]2(C(=O)NS(=O)(=O)C3(CF)CC3)C[C@H]2/C=C\CC[C@H](C)C[C@H]1C. The fraction of sp³-hybridized carbons (Fsp3) is 0.643. The molecule has 4 heterocycles. The average molecular weight is 862 g/mol. The Bertz CT molecular complexity index is 2200. The van der Waals surface area contributed by atoms with Crippen LogP contribution in [0, 0.1) is 17.8 Å². The number of aromatic nitrogens is 1. The van der Waals surface area contributed by atoms with E-state index in [9.17, 15) is 32.3 Å². The van der Waals surface area contributed by atoms with Crippen LogP contribution in [0.4, 0.5) is 18.0 Å². The molecule has 2 aromatic rings. The second-order valence-electron chi connectivity index (χ2n) is 17.7. The third-order valence-corrected chi connectivity index (χ3v) is 15.5. The first kappa shape index (κ1) is 43.5. The number of nitrogens with one attached hydrogen (secondary N) is 2. The number of halogens is 3. The molecule has 1 aromatic carbocycles. The average Bonchev–Trinajstić information content (AvgIpc) is 4.12. The monoisotopic (exact) mass is 861 g/mol. The summed E-state index contributed by atoms with van der Waals surface area (Å²) in [6, 6.07) is -2.02. The van der Waals surface area contributed by atoms with E-state index in [1.807, 2.05) is 11.6 Å². The topological polar surface area (TPSA) is 185 Å². The molecular formula is C42H54F3N5O9S. The highest BCUT2D eigenvalue weighted by Gasteiger charge is 2.71. The van der Waals surface area contributed by atoms with Gasteiger partial charge in [-0.1, -0.05) is 51.1 Å². The van der Waals surface area contributed by atoms with Gasteiger partial charge in [-0.3, -0.25) is 28.9 Å². The molecule has 14 nitrogen and oxygen atoms in total. The molecule has 3 N–H and O–H groups in total. The summed E-state index contributed by atoms with van der Waals surface area (Å²) in [6.07, 6.45) is 3.62. The number of hydrogen-bond donors (Lipinski definition) is 3. The number of allylic oxidation sites excluding steroid dienone is 1. The van der Waals surface area contributed by atoms with Gasteiger partial charge < -0.3 is 19.9 Å². The van der Waals surface area contributed by atoms with Crippen molar-refractivity contribution in [2.75, 3.05) is 13.3 Å². The molecule has 3 aliphatic heterocycles. The van der Waals surface area contributed by atoms with E-state index < -0.39 is 98.8 Å². The maximum atomic E-state index is 17.8. The van der Waals surface area contributed by atoms with Gasteiger partial charge in [0.25, 0.3) is 11.8 Å². The first-order chi connectivity index (χ1) is 28.3. The number of aryl methyl sites for hydroxylation is 1. The number of hydrogen-bond acceptors (Lipinski definition) is 9. The lowest BCUT2D eigenvalue weighted by Gasteiger charge is -2.42. The zero-order valence-electron chi connectivity index (χ0n) is 34.5. The summed E-state index contributed by atoms with van der Waals surface area (Å²) in [4.78, 5) is 62.6. The van der Waals surface area contributed by atoms with Crippen LogP contribution >= 0.6 is 0 Å². The Morgan fingerprint density at radius 1 is 1.17 bits per heavy atom. The molecule has 7 rings (SSSR count). The van der Waals surface area contributed by atoms with Gasteiger partial charge in [0.1, 0.15) is 34.8 Å². The molecule has 1 saturated heterocycles. The molecule has 2 saturated carbocycles. The Hall–Kier alpha value is -4.61. The van der Waals surface area contributed by atoms with Gasteiger partial charge in [0, 0.05) is 29.2 Å². The van der Waals surface area contributed by atoms with E-state index in [0.29, 0.717) is 54.5 Å². The largest absolute Gasteiger partial charge is 0.491 e. The number of ether oxygens (including phenoxy) is 2. The highest BCUT2D eigenvalue weighted by atomic mass is 32.2. The third kappa shape index (κ3) is 7.33. The molecule has 2 aliphatic carbocycles. The second kappa shape index (κ2) is 15.7. The number of alkyl halides is 3. The minimum atomic E-state index is -4.55. The Morgan fingerprint density at radius 3 is 2.52 bits per heavy atom. The fourth-order valence-electron chi connectivity index (χ4n) is 9.23. The van der Waals surface area contributed by atoms with Crippen LogP contribution in [0.2, 0.25) is 0 Å². The quantitative estimate of drug-likeness (QED) is 0.204. The van der Waals surface area contributed by atoms with Crippen molar-refractivity contribution < 1.29 is 55.3 Å². The van der Waals surface area contributed by atoms with Crippen LogP contribution in [0.5, 0.6) is 11.6 Å². The molecule has 328 valence electrons. The van der Waals surface area contributed by atoms with Gasteiger partial charge in [0.15, 0.2) is 5.60 Å². The van der Waals surface area contributed by atoms with Gasteiger partial charge in [-0.2, -0.15) is 8.78 Å². The molecule has 0 radical (unpaired) electrons. The molecule has 0 bridgehead atoms. The Morgan fingerprint density at radius 2 is 1.87 bits per heavy atom. The molecular weight excluding hydrogens is 808 g/mol. The van der Waals surface area contributed by atoms with E-state index in [1.54, 1.807) is 57.2 Å². The van der Waals surface area contributed by atoms with E-state index in [4.69, 9.17) is 9.47 Å². The molecule has 18 heteroatoms. The molecule has 5 aliphatic rings. The van der Waals surface area contributed by atoms with Crippen molar-refractivity contribution in [1.82, 2.24) is 24.8 Å². The van der Waals surface area contributed by atoms with Crippen molar-refractivity contribution in [2.24, 2.45) is 17.8 Å². The minimum absolute atomic E-state index is 0.00914. The minimum Gasteiger partial charge on any atom is -0.491 e. The van der Waals surface area contributed by atoms with Gasteiger partial charge in [0.2, 0.25) is 21.8 Å². The van der Waals surface area contributed by atoms with E-state index in [1.165, 1.54) is 0 Å². The number of fused-ring (bicyclic) bond motifs is 5. The third-order valence-electron chi connectivity index (χ3n) is 13.4. The lowest BCUT2D eigenvalue weighted by molar-refractivity contribution is -0.219. The van der Waals surface area contributed by atoms with Crippen molar-refractivity contribution in [3.8, 4) is 11.6 Å². The number of pyridine rings is 1. The smallest absolute Gasteiger partial charge is 0.408 e. The molecule has 4 amide bonds. The van der Waals surface area contributed by atoms with E-state index >= 15 is 13.6 Å². The van der Waals surface area contributed by atoms with Crippen LogP contribution in [-0.2, 0) is 30.8 Å². The summed E-state index contributed by atoms with van der Waals surface area (Å²) in [6.45, 7) is 7.08. The second-order valence-corrected chi connectivity index (χ2v) is 19.8. The first-order valence-corrected chi connectivity index (χ1v) is 22.3. The van der Waals surface area contributed by atoms with Crippen LogP contribution in [-0.4, -0.2) is 105 Å². The molecule has 8 atom stereocenters. The summed E-state index contributed by atoms with van der Waals surface area (Å²) < 4.78 is 88.4. The maximum absolute atomic E-state index is 17.8. The van der Waals surface area contributed by atoms with E-state index in [2.05, 4.69) is 10.3 Å². The summed E-state index contributed by atoms with van der Waals surface area (Å²) >= 11 is 0. The molecule has 1 aromatic heterocycles. The van der Waals surface area contributed by atoms with Gasteiger partial charge in [-0.25, -0.2) is 22.6 Å². The van der Waals surface area contributed by atoms with Crippen LogP contribution < -0.4 is 19.5 Å². The van der Waals surface area contributed by atoms with Crippen molar-refractivity contribution in [3.05, 3.63) is 42.1 Å².